The molecular formula is C41H73N3O9. The minimum atomic E-state index is -0.344. The highest BCUT2D eigenvalue weighted by Crippen LogP contribution is 2.45. The fourth-order valence-electron chi connectivity index (χ4n) is 9.65. The summed E-state index contributed by atoms with van der Waals surface area (Å²) in [5, 5.41) is 3.53. The highest BCUT2D eigenvalue weighted by molar-refractivity contribution is 5.76. The standard InChI is InChI=1S/C41H73N3O9/c1-36(2)24-30(39(7,8)42-36)33(45)51-18-15-48-27-21-28(49-16-19-52-34(46)31-25-37(3,4)43(13)40(31,9)10)23-29(22-27)50-17-20-53-35(47)32-26-38(5,6)44(14)41(32,11)12/h27-32,42H,15-26H2,1-14H3. The highest BCUT2D eigenvalue weighted by Gasteiger charge is 2.54. The van der Waals surface area contributed by atoms with Crippen molar-refractivity contribution in [1.82, 2.24) is 15.1 Å². The molecule has 0 aromatic rings. The number of ether oxygens (including phenoxy) is 6. The Balaban J connectivity index is 1.27. The minimum absolute atomic E-state index is 0.0889. The van der Waals surface area contributed by atoms with E-state index in [1.165, 1.54) is 0 Å². The second kappa shape index (κ2) is 16.3. The van der Waals surface area contributed by atoms with E-state index in [2.05, 4.69) is 98.4 Å². The lowest BCUT2D eigenvalue weighted by Crippen LogP contribution is -2.48. The third kappa shape index (κ3) is 10.3. The number of carbonyl (C=O) groups is 3. The van der Waals surface area contributed by atoms with Crippen molar-refractivity contribution in [2.75, 3.05) is 53.7 Å². The molecule has 0 aromatic heterocycles. The van der Waals surface area contributed by atoms with Crippen LogP contribution in [0.4, 0.5) is 0 Å². The lowest BCUT2D eigenvalue weighted by Gasteiger charge is -2.38. The molecule has 4 rings (SSSR count). The van der Waals surface area contributed by atoms with Crippen LogP contribution in [0, 0.1) is 17.8 Å². The summed E-state index contributed by atoms with van der Waals surface area (Å²) in [6.07, 6.45) is 3.56. The Kier molecular flexibility index (Phi) is 13.5. The van der Waals surface area contributed by atoms with Crippen molar-refractivity contribution in [2.45, 2.75) is 173 Å². The molecule has 5 atom stereocenters. The Morgan fingerprint density at radius 1 is 0.509 bits per heavy atom. The highest BCUT2D eigenvalue weighted by atomic mass is 16.6. The van der Waals surface area contributed by atoms with Crippen molar-refractivity contribution < 1.29 is 42.8 Å². The number of hydrogen-bond donors (Lipinski definition) is 1. The van der Waals surface area contributed by atoms with Crippen LogP contribution in [0.2, 0.25) is 0 Å². The summed E-state index contributed by atoms with van der Waals surface area (Å²) in [6.45, 7) is 26.6. The summed E-state index contributed by atoms with van der Waals surface area (Å²) >= 11 is 0. The molecule has 0 amide bonds. The Bertz CT molecular complexity index is 1230. The van der Waals surface area contributed by atoms with E-state index in [1.807, 2.05) is 13.8 Å². The molecule has 3 aliphatic heterocycles. The maximum absolute atomic E-state index is 13.1. The fraction of sp³-hybridized carbons (Fsp3) is 0.927. The van der Waals surface area contributed by atoms with Crippen molar-refractivity contribution in [3.63, 3.8) is 0 Å². The Hall–Kier alpha value is -1.83. The van der Waals surface area contributed by atoms with E-state index in [4.69, 9.17) is 28.4 Å². The predicted octanol–water partition coefficient (Wildman–Crippen LogP) is 5.14. The van der Waals surface area contributed by atoms with Crippen LogP contribution in [0.5, 0.6) is 0 Å². The van der Waals surface area contributed by atoms with Gasteiger partial charge in [0.1, 0.15) is 19.8 Å². The van der Waals surface area contributed by atoms with Crippen LogP contribution in [-0.4, -0.2) is 133 Å². The molecule has 3 heterocycles. The van der Waals surface area contributed by atoms with Crippen LogP contribution in [0.15, 0.2) is 0 Å². The molecule has 1 aliphatic carbocycles. The lowest BCUT2D eigenvalue weighted by atomic mass is 9.87. The first kappa shape index (κ1) is 43.9. The quantitative estimate of drug-likeness (QED) is 0.135. The van der Waals surface area contributed by atoms with Crippen LogP contribution in [-0.2, 0) is 42.8 Å². The summed E-state index contributed by atoms with van der Waals surface area (Å²) < 4.78 is 35.9. The summed E-state index contributed by atoms with van der Waals surface area (Å²) in [5.74, 6) is -1.26. The molecule has 3 saturated heterocycles. The molecule has 0 aromatic carbocycles. The zero-order chi connectivity index (χ0) is 39.8. The molecule has 0 radical (unpaired) electrons. The average molecular weight is 752 g/mol. The number of nitrogens with one attached hydrogen (secondary N) is 1. The minimum Gasteiger partial charge on any atom is -0.463 e. The van der Waals surface area contributed by atoms with Crippen LogP contribution >= 0.6 is 0 Å². The molecule has 0 spiro atoms. The van der Waals surface area contributed by atoms with Crippen LogP contribution < -0.4 is 5.32 Å². The number of esters is 3. The lowest BCUT2D eigenvalue weighted by molar-refractivity contribution is -0.157. The van der Waals surface area contributed by atoms with Gasteiger partial charge in [-0.1, -0.05) is 0 Å². The van der Waals surface area contributed by atoms with E-state index in [0.29, 0.717) is 25.7 Å². The third-order valence-corrected chi connectivity index (χ3v) is 13.4. The first-order valence-corrected chi connectivity index (χ1v) is 19.9. The Morgan fingerprint density at radius 3 is 1.09 bits per heavy atom. The maximum atomic E-state index is 13.1. The van der Waals surface area contributed by atoms with Crippen molar-refractivity contribution in [3.8, 4) is 0 Å². The molecule has 1 saturated carbocycles. The molecule has 1 N–H and O–H groups in total. The second-order valence-corrected chi connectivity index (χ2v) is 19.7. The largest absolute Gasteiger partial charge is 0.463 e. The van der Waals surface area contributed by atoms with Gasteiger partial charge < -0.3 is 33.7 Å². The topological polar surface area (TPSA) is 125 Å². The molecule has 12 nitrogen and oxygen atoms in total. The van der Waals surface area contributed by atoms with E-state index in [9.17, 15) is 14.4 Å². The van der Waals surface area contributed by atoms with Gasteiger partial charge in [0.05, 0.1) is 55.9 Å². The zero-order valence-corrected chi connectivity index (χ0v) is 35.5. The van der Waals surface area contributed by atoms with Gasteiger partial charge in [0.2, 0.25) is 0 Å². The Labute approximate surface area is 320 Å². The summed E-state index contributed by atoms with van der Waals surface area (Å²) in [7, 11) is 4.13. The van der Waals surface area contributed by atoms with Gasteiger partial charge in [-0.3, -0.25) is 24.2 Å². The average Bonchev–Trinajstić information content (AvgIpc) is 3.46. The van der Waals surface area contributed by atoms with Crippen LogP contribution in [0.1, 0.15) is 122 Å². The number of hydrogen-bond acceptors (Lipinski definition) is 12. The van der Waals surface area contributed by atoms with Crippen LogP contribution in [0.3, 0.4) is 0 Å². The van der Waals surface area contributed by atoms with Crippen molar-refractivity contribution in [1.29, 1.82) is 0 Å². The van der Waals surface area contributed by atoms with Gasteiger partial charge in [0, 0.05) is 33.2 Å². The van der Waals surface area contributed by atoms with E-state index >= 15 is 0 Å². The van der Waals surface area contributed by atoms with Crippen molar-refractivity contribution in [3.05, 3.63) is 0 Å². The summed E-state index contributed by atoms with van der Waals surface area (Å²) in [5.41, 5.74) is -1.26. The molecule has 4 fully saturated rings. The Morgan fingerprint density at radius 2 is 0.830 bits per heavy atom. The number of likely N-dealkylation sites (tertiary alicyclic amines) is 2. The summed E-state index contributed by atoms with van der Waals surface area (Å²) in [6, 6.07) is 0. The smallest absolute Gasteiger partial charge is 0.310 e. The molecule has 53 heavy (non-hydrogen) atoms. The zero-order valence-electron chi connectivity index (χ0n) is 35.5. The van der Waals surface area contributed by atoms with Gasteiger partial charge in [-0.15, -0.1) is 0 Å². The van der Waals surface area contributed by atoms with Gasteiger partial charge in [-0.2, -0.15) is 0 Å². The maximum Gasteiger partial charge on any atom is 0.310 e. The van der Waals surface area contributed by atoms with E-state index in [1.54, 1.807) is 0 Å². The molecule has 0 bridgehead atoms. The number of rotatable bonds is 15. The monoisotopic (exact) mass is 752 g/mol. The fourth-order valence-corrected chi connectivity index (χ4v) is 9.65. The molecule has 4 aliphatic rings. The van der Waals surface area contributed by atoms with Gasteiger partial charge >= 0.3 is 17.9 Å². The molecule has 12 heteroatoms. The third-order valence-electron chi connectivity index (χ3n) is 13.4. The van der Waals surface area contributed by atoms with Gasteiger partial charge in [0.15, 0.2) is 0 Å². The molecule has 306 valence electrons. The number of carbonyl (C=O) groups excluding carboxylic acids is 3. The first-order chi connectivity index (χ1) is 24.3. The second-order valence-electron chi connectivity index (χ2n) is 19.7. The van der Waals surface area contributed by atoms with E-state index in [0.717, 1.165) is 12.8 Å². The molecular weight excluding hydrogens is 678 g/mol. The van der Waals surface area contributed by atoms with E-state index in [-0.39, 0.29) is 127 Å². The first-order valence-electron chi connectivity index (χ1n) is 19.9. The SMILES string of the molecule is CN1C(C)(C)CC(C(=O)OCCOC2CC(OCCOC(=O)C3CC(C)(C)NC3(C)C)CC(OCCOC(=O)C3CC(C)(C)N(C)C3(C)C)C2)C1(C)C. The van der Waals surface area contributed by atoms with E-state index < -0.39 is 0 Å². The summed E-state index contributed by atoms with van der Waals surface area (Å²) in [4.78, 5) is 43.8. The van der Waals surface area contributed by atoms with Gasteiger partial charge in [-0.05, 0) is 136 Å². The van der Waals surface area contributed by atoms with Crippen LogP contribution in [0.25, 0.3) is 0 Å². The van der Waals surface area contributed by atoms with Crippen molar-refractivity contribution in [2.24, 2.45) is 17.8 Å². The molecule has 5 unspecified atom stereocenters. The number of nitrogens with zero attached hydrogens (tertiary/aromatic N) is 2. The van der Waals surface area contributed by atoms with Crippen molar-refractivity contribution >= 4 is 17.9 Å². The normalized spacial score (nSPS) is 32.7. The van der Waals surface area contributed by atoms with Gasteiger partial charge in [-0.25, -0.2) is 0 Å². The predicted molar refractivity (Wildman–Crippen MR) is 203 cm³/mol. The van der Waals surface area contributed by atoms with Gasteiger partial charge in [0.25, 0.3) is 0 Å².